The summed E-state index contributed by atoms with van der Waals surface area (Å²) in [4.78, 5) is 26.4. The highest BCUT2D eigenvalue weighted by molar-refractivity contribution is 8.00. The average molecular weight is 399 g/mol. The minimum absolute atomic E-state index is 0.0747. The van der Waals surface area contributed by atoms with Crippen LogP contribution in [0.5, 0.6) is 0 Å². The Morgan fingerprint density at radius 3 is 2.50 bits per heavy atom. The lowest BCUT2D eigenvalue weighted by Crippen LogP contribution is -2.32. The molecule has 0 saturated carbocycles. The Bertz CT molecular complexity index is 832. The zero-order valence-electron chi connectivity index (χ0n) is 16.2. The predicted octanol–water partition coefficient (Wildman–Crippen LogP) is 4.35. The van der Waals surface area contributed by atoms with E-state index in [4.69, 9.17) is 4.74 Å². The third kappa shape index (κ3) is 5.36. The van der Waals surface area contributed by atoms with Crippen molar-refractivity contribution in [3.8, 4) is 0 Å². The molecule has 6 heteroatoms. The Morgan fingerprint density at radius 2 is 1.79 bits per heavy atom. The van der Waals surface area contributed by atoms with E-state index in [1.165, 1.54) is 0 Å². The van der Waals surface area contributed by atoms with E-state index < -0.39 is 0 Å². The molecule has 2 N–H and O–H groups in total. The van der Waals surface area contributed by atoms with Crippen LogP contribution in [0.1, 0.15) is 47.4 Å². The molecule has 1 aliphatic heterocycles. The first-order valence-electron chi connectivity index (χ1n) is 9.60. The largest absolute Gasteiger partial charge is 0.376 e. The van der Waals surface area contributed by atoms with Gasteiger partial charge in [0.05, 0.1) is 22.9 Å². The van der Waals surface area contributed by atoms with Crippen molar-refractivity contribution >= 4 is 29.3 Å². The van der Waals surface area contributed by atoms with E-state index in [2.05, 4.69) is 24.5 Å². The van der Waals surface area contributed by atoms with Crippen molar-refractivity contribution in [2.45, 2.75) is 42.9 Å². The van der Waals surface area contributed by atoms with Crippen molar-refractivity contribution < 1.29 is 14.3 Å². The second kappa shape index (κ2) is 9.75. The summed E-state index contributed by atoms with van der Waals surface area (Å²) in [7, 11) is 0. The Balaban J connectivity index is 1.72. The average Bonchev–Trinajstić information content (AvgIpc) is 3.20. The van der Waals surface area contributed by atoms with Crippen molar-refractivity contribution in [3.63, 3.8) is 0 Å². The zero-order valence-corrected chi connectivity index (χ0v) is 17.1. The molecule has 1 atom stereocenters. The summed E-state index contributed by atoms with van der Waals surface area (Å²) >= 11 is 1.64. The lowest BCUT2D eigenvalue weighted by atomic mass is 10.1. The minimum atomic E-state index is -0.219. The summed E-state index contributed by atoms with van der Waals surface area (Å²) in [6, 6.07) is 14.6. The van der Waals surface area contributed by atoms with E-state index in [9.17, 15) is 9.59 Å². The maximum Gasteiger partial charge on any atom is 0.256 e. The van der Waals surface area contributed by atoms with Crippen molar-refractivity contribution in [2.75, 3.05) is 18.5 Å². The number of anilines is 1. The summed E-state index contributed by atoms with van der Waals surface area (Å²) < 4.78 is 5.55. The molecule has 28 heavy (non-hydrogen) atoms. The van der Waals surface area contributed by atoms with Crippen molar-refractivity contribution in [3.05, 3.63) is 59.7 Å². The molecule has 1 fully saturated rings. The van der Waals surface area contributed by atoms with Gasteiger partial charge in [-0.1, -0.05) is 38.1 Å². The van der Waals surface area contributed by atoms with Crippen molar-refractivity contribution in [2.24, 2.45) is 0 Å². The van der Waals surface area contributed by atoms with Crippen LogP contribution in [0.3, 0.4) is 0 Å². The monoisotopic (exact) mass is 398 g/mol. The lowest BCUT2D eigenvalue weighted by Gasteiger charge is -2.15. The number of thioether (sulfide) groups is 1. The van der Waals surface area contributed by atoms with Gasteiger partial charge in [-0.05, 0) is 37.1 Å². The molecule has 148 valence electrons. The van der Waals surface area contributed by atoms with Crippen LogP contribution in [0.15, 0.2) is 53.4 Å². The number of amides is 2. The molecule has 0 radical (unpaired) electrons. The van der Waals surface area contributed by atoms with Crippen molar-refractivity contribution in [1.29, 1.82) is 0 Å². The van der Waals surface area contributed by atoms with Gasteiger partial charge in [-0.25, -0.2) is 0 Å². The van der Waals surface area contributed by atoms with Gasteiger partial charge >= 0.3 is 0 Å². The number of para-hydroxylation sites is 1. The topological polar surface area (TPSA) is 67.4 Å². The molecule has 2 aromatic carbocycles. The lowest BCUT2D eigenvalue weighted by molar-refractivity contribution is 0.0858. The summed E-state index contributed by atoms with van der Waals surface area (Å²) in [5, 5.41) is 6.18. The summed E-state index contributed by atoms with van der Waals surface area (Å²) in [6.07, 6.45) is 2.06. The maximum atomic E-state index is 12.9. The first kappa shape index (κ1) is 20.4. The third-order valence-corrected chi connectivity index (χ3v) is 5.51. The molecule has 0 aromatic heterocycles. The van der Waals surface area contributed by atoms with E-state index in [1.807, 2.05) is 18.2 Å². The van der Waals surface area contributed by atoms with E-state index in [0.29, 0.717) is 28.6 Å². The number of carbonyl (C=O) groups excluding carboxylic acids is 2. The Kier molecular flexibility index (Phi) is 7.12. The molecule has 0 bridgehead atoms. The van der Waals surface area contributed by atoms with Gasteiger partial charge in [0.25, 0.3) is 11.8 Å². The number of ether oxygens (including phenoxy) is 1. The maximum absolute atomic E-state index is 12.9. The van der Waals surface area contributed by atoms with Crippen LogP contribution in [0.4, 0.5) is 5.69 Å². The fraction of sp³-hybridized carbons (Fsp3) is 0.364. The minimum Gasteiger partial charge on any atom is -0.376 e. The third-order valence-electron chi connectivity index (χ3n) is 4.43. The Labute approximate surface area is 170 Å². The molecule has 5 nitrogen and oxygen atoms in total. The van der Waals surface area contributed by atoms with E-state index >= 15 is 0 Å². The molecule has 1 unspecified atom stereocenters. The number of nitrogens with one attached hydrogen (secondary N) is 2. The first-order valence-corrected chi connectivity index (χ1v) is 10.5. The molecular formula is C22H26N2O3S. The summed E-state index contributed by atoms with van der Waals surface area (Å²) in [6.45, 7) is 5.41. The highest BCUT2D eigenvalue weighted by Crippen LogP contribution is 2.27. The standard InChI is InChI=1S/C22H26N2O3S/c1-15(2)28-20-12-6-4-10-18(20)22(26)24-19-11-5-3-9-17(19)21(25)23-14-16-8-7-13-27-16/h3-6,9-12,15-16H,7-8,13-14H2,1-2H3,(H,23,25)(H,24,26). The van der Waals surface area contributed by atoms with Crippen LogP contribution in [0.25, 0.3) is 0 Å². The van der Waals surface area contributed by atoms with Gasteiger partial charge in [0, 0.05) is 23.3 Å². The molecule has 0 aliphatic carbocycles. The van der Waals surface area contributed by atoms with Crippen LogP contribution < -0.4 is 10.6 Å². The molecular weight excluding hydrogens is 372 g/mol. The second-order valence-corrected chi connectivity index (χ2v) is 8.63. The van der Waals surface area contributed by atoms with Crippen molar-refractivity contribution in [1.82, 2.24) is 5.32 Å². The van der Waals surface area contributed by atoms with Gasteiger partial charge in [-0.3, -0.25) is 9.59 Å². The van der Waals surface area contributed by atoms with E-state index in [1.54, 1.807) is 42.1 Å². The number of carbonyl (C=O) groups is 2. The van der Waals surface area contributed by atoms with Gasteiger partial charge in [0.15, 0.2) is 0 Å². The molecule has 2 amide bonds. The Hall–Kier alpha value is -2.31. The molecule has 3 rings (SSSR count). The molecule has 0 spiro atoms. The number of hydrogen-bond donors (Lipinski definition) is 2. The normalized spacial score (nSPS) is 16.2. The SMILES string of the molecule is CC(C)Sc1ccccc1C(=O)Nc1ccccc1C(=O)NCC1CCCO1. The van der Waals surface area contributed by atoms with Crippen LogP contribution in [0, 0.1) is 0 Å². The van der Waals surface area contributed by atoms with Gasteiger partial charge in [-0.15, -0.1) is 11.8 Å². The number of rotatable bonds is 7. The summed E-state index contributed by atoms with van der Waals surface area (Å²) in [5.74, 6) is -0.431. The molecule has 1 saturated heterocycles. The second-order valence-electron chi connectivity index (χ2n) is 7.01. The van der Waals surface area contributed by atoms with Gasteiger partial charge < -0.3 is 15.4 Å². The quantitative estimate of drug-likeness (QED) is 0.681. The highest BCUT2D eigenvalue weighted by atomic mass is 32.2. The number of hydrogen-bond acceptors (Lipinski definition) is 4. The highest BCUT2D eigenvalue weighted by Gasteiger charge is 2.19. The smallest absolute Gasteiger partial charge is 0.256 e. The number of benzene rings is 2. The predicted molar refractivity (Wildman–Crippen MR) is 113 cm³/mol. The van der Waals surface area contributed by atoms with Crippen LogP contribution in [-0.4, -0.2) is 36.3 Å². The molecule has 1 heterocycles. The van der Waals surface area contributed by atoms with Gasteiger partial charge in [-0.2, -0.15) is 0 Å². The summed E-state index contributed by atoms with van der Waals surface area (Å²) in [5.41, 5.74) is 1.56. The zero-order chi connectivity index (χ0) is 19.9. The van der Waals surface area contributed by atoms with Crippen LogP contribution in [0.2, 0.25) is 0 Å². The molecule has 1 aliphatic rings. The van der Waals surface area contributed by atoms with E-state index in [0.717, 1.165) is 24.3 Å². The fourth-order valence-corrected chi connectivity index (χ4v) is 4.05. The fourth-order valence-electron chi connectivity index (χ4n) is 3.10. The van der Waals surface area contributed by atoms with E-state index in [-0.39, 0.29) is 17.9 Å². The van der Waals surface area contributed by atoms with Crippen LogP contribution >= 0.6 is 11.8 Å². The molecule has 2 aromatic rings. The first-order chi connectivity index (χ1) is 13.5. The van der Waals surface area contributed by atoms with Crippen LogP contribution in [-0.2, 0) is 4.74 Å². The Morgan fingerprint density at radius 1 is 1.07 bits per heavy atom. The van der Waals surface area contributed by atoms with Gasteiger partial charge in [0.2, 0.25) is 0 Å². The van der Waals surface area contributed by atoms with Gasteiger partial charge in [0.1, 0.15) is 0 Å².